The molecule has 2 aromatic carbocycles. The number of hydrogen-bond donors (Lipinski definition) is 1. The molecule has 2 heterocycles. The van der Waals surface area contributed by atoms with E-state index >= 15 is 0 Å². The van der Waals surface area contributed by atoms with Gasteiger partial charge in [-0.2, -0.15) is 0 Å². The number of aryl methyl sites for hydroxylation is 1. The van der Waals surface area contributed by atoms with Crippen LogP contribution in [0.15, 0.2) is 41.8 Å². The van der Waals surface area contributed by atoms with Crippen LogP contribution in [0.25, 0.3) is 22.0 Å². The maximum Gasteiger partial charge on any atom is 0.226 e. The number of carbonyl (C=O) groups is 1. The van der Waals surface area contributed by atoms with Gasteiger partial charge in [0.15, 0.2) is 5.13 Å². The number of nitrogens with one attached hydrogen (secondary N) is 1. The number of aromatic nitrogens is 3. The molecule has 0 saturated carbocycles. The molecular weight excluding hydrogens is 404 g/mol. The number of fused-ring (bicyclic) bond motifs is 1. The molecule has 0 spiro atoms. The predicted octanol–water partition coefficient (Wildman–Crippen LogP) is 5.44. The zero-order valence-electron chi connectivity index (χ0n) is 16.1. The maximum absolute atomic E-state index is 11.7. The van der Waals surface area contributed by atoms with Crippen molar-refractivity contribution < 1.29 is 9.53 Å². The van der Waals surface area contributed by atoms with E-state index in [1.54, 1.807) is 0 Å². The van der Waals surface area contributed by atoms with E-state index in [0.29, 0.717) is 18.2 Å². The van der Waals surface area contributed by atoms with Gasteiger partial charge in [-0.25, -0.2) is 4.98 Å². The number of hydrogen-bond acceptors (Lipinski definition) is 7. The van der Waals surface area contributed by atoms with E-state index in [0.717, 1.165) is 44.8 Å². The van der Waals surface area contributed by atoms with Crippen LogP contribution in [0.5, 0.6) is 5.75 Å². The second kappa shape index (κ2) is 8.67. The Labute approximate surface area is 176 Å². The minimum absolute atomic E-state index is 0.0161. The molecule has 0 aliphatic rings. The van der Waals surface area contributed by atoms with Crippen LogP contribution in [0, 0.1) is 6.92 Å². The number of rotatable bonds is 7. The Kier molecular flexibility index (Phi) is 5.82. The summed E-state index contributed by atoms with van der Waals surface area (Å²) < 4.78 is 10.2. The molecule has 8 heteroatoms. The van der Waals surface area contributed by atoms with Crippen LogP contribution in [0.3, 0.4) is 0 Å². The minimum Gasteiger partial charge on any atom is -0.487 e. The van der Waals surface area contributed by atoms with Crippen molar-refractivity contribution in [1.82, 2.24) is 14.6 Å². The van der Waals surface area contributed by atoms with Crippen LogP contribution in [-0.4, -0.2) is 20.5 Å². The average molecular weight is 425 g/mol. The first-order valence-electron chi connectivity index (χ1n) is 9.34. The summed E-state index contributed by atoms with van der Waals surface area (Å²) in [4.78, 5) is 17.2. The number of ether oxygens (including phenoxy) is 1. The van der Waals surface area contributed by atoms with E-state index in [-0.39, 0.29) is 5.91 Å². The van der Waals surface area contributed by atoms with E-state index in [1.807, 2.05) is 43.5 Å². The molecule has 0 aliphatic carbocycles. The molecule has 6 nitrogen and oxygen atoms in total. The topological polar surface area (TPSA) is 77.0 Å². The lowest BCUT2D eigenvalue weighted by atomic mass is 10.0. The largest absolute Gasteiger partial charge is 0.487 e. The third-order valence-electron chi connectivity index (χ3n) is 4.43. The van der Waals surface area contributed by atoms with Gasteiger partial charge in [-0.15, -0.1) is 16.4 Å². The lowest BCUT2D eigenvalue weighted by Gasteiger charge is -2.13. The third kappa shape index (κ3) is 4.28. The number of thiazole rings is 1. The van der Waals surface area contributed by atoms with Gasteiger partial charge in [0, 0.05) is 11.8 Å². The molecule has 1 N–H and O–H groups in total. The molecule has 0 radical (unpaired) electrons. The summed E-state index contributed by atoms with van der Waals surface area (Å²) in [5.41, 5.74) is 2.56. The van der Waals surface area contributed by atoms with Crippen molar-refractivity contribution in [3.63, 3.8) is 0 Å². The molecule has 0 saturated heterocycles. The summed E-state index contributed by atoms with van der Waals surface area (Å²) in [6, 6.07) is 12.2. The summed E-state index contributed by atoms with van der Waals surface area (Å²) in [7, 11) is 0. The molecule has 148 valence electrons. The minimum atomic E-state index is -0.0161. The molecule has 1 amide bonds. The van der Waals surface area contributed by atoms with Gasteiger partial charge in [-0.3, -0.25) is 4.79 Å². The maximum atomic E-state index is 11.7. The fourth-order valence-electron chi connectivity index (χ4n) is 3.07. The van der Waals surface area contributed by atoms with Gasteiger partial charge in [0.2, 0.25) is 5.91 Å². The zero-order valence-corrected chi connectivity index (χ0v) is 17.8. The molecule has 4 aromatic rings. The Bertz CT molecular complexity index is 1150. The number of amides is 1. The van der Waals surface area contributed by atoms with Crippen LogP contribution in [0.1, 0.15) is 30.3 Å². The molecule has 0 fully saturated rings. The van der Waals surface area contributed by atoms with Crippen molar-refractivity contribution in [2.24, 2.45) is 0 Å². The number of anilines is 1. The van der Waals surface area contributed by atoms with Gasteiger partial charge in [-0.05, 0) is 41.7 Å². The molecular formula is C21H20N4O2S2. The SMILES string of the molecule is CCCC(=O)Nc1nc(COc2ccc3ccccc3c2-c2nnsc2C)cs1. The summed E-state index contributed by atoms with van der Waals surface area (Å²) in [5, 5.41) is 11.9. The number of nitrogens with zero attached hydrogens (tertiary/aromatic N) is 3. The van der Waals surface area contributed by atoms with Crippen molar-refractivity contribution in [3.8, 4) is 17.0 Å². The van der Waals surface area contributed by atoms with E-state index in [2.05, 4.69) is 32.0 Å². The lowest BCUT2D eigenvalue weighted by molar-refractivity contribution is -0.116. The summed E-state index contributed by atoms with van der Waals surface area (Å²) in [6.07, 6.45) is 1.30. The van der Waals surface area contributed by atoms with Crippen LogP contribution < -0.4 is 10.1 Å². The highest BCUT2D eigenvalue weighted by molar-refractivity contribution is 7.13. The van der Waals surface area contributed by atoms with Crippen LogP contribution in [0.4, 0.5) is 5.13 Å². The number of benzene rings is 2. The molecule has 0 aliphatic heterocycles. The van der Waals surface area contributed by atoms with Gasteiger partial charge in [0.1, 0.15) is 18.1 Å². The van der Waals surface area contributed by atoms with E-state index in [4.69, 9.17) is 4.74 Å². The predicted molar refractivity (Wildman–Crippen MR) is 118 cm³/mol. The Morgan fingerprint density at radius 3 is 2.86 bits per heavy atom. The molecule has 0 atom stereocenters. The van der Waals surface area contributed by atoms with Gasteiger partial charge in [0.05, 0.1) is 16.1 Å². The summed E-state index contributed by atoms with van der Waals surface area (Å²) in [6.45, 7) is 4.29. The molecule has 4 rings (SSSR count). The Morgan fingerprint density at radius 1 is 1.21 bits per heavy atom. The molecule has 2 aromatic heterocycles. The van der Waals surface area contributed by atoms with Crippen molar-refractivity contribution in [2.45, 2.75) is 33.3 Å². The highest BCUT2D eigenvalue weighted by Gasteiger charge is 2.17. The highest BCUT2D eigenvalue weighted by Crippen LogP contribution is 2.38. The fraction of sp³-hybridized carbons (Fsp3) is 0.238. The fourth-order valence-corrected chi connectivity index (χ4v) is 4.25. The first-order chi connectivity index (χ1) is 14.2. The smallest absolute Gasteiger partial charge is 0.226 e. The standard InChI is InChI=1S/C21H20N4O2S2/c1-3-6-18(26)23-21-22-15(12-28-21)11-27-17-10-9-14-7-4-5-8-16(14)19(17)20-13(2)29-25-24-20/h4-5,7-10,12H,3,6,11H2,1-2H3,(H,22,23,26). The first kappa shape index (κ1) is 19.5. The summed E-state index contributed by atoms with van der Waals surface area (Å²) >= 11 is 2.78. The lowest BCUT2D eigenvalue weighted by Crippen LogP contribution is -2.10. The van der Waals surface area contributed by atoms with Crippen molar-refractivity contribution in [2.75, 3.05) is 5.32 Å². The number of carbonyl (C=O) groups excluding carboxylic acids is 1. The summed E-state index contributed by atoms with van der Waals surface area (Å²) in [5.74, 6) is 0.724. The van der Waals surface area contributed by atoms with E-state index in [1.165, 1.54) is 22.9 Å². The molecule has 0 unspecified atom stereocenters. The second-order valence-electron chi connectivity index (χ2n) is 6.57. The van der Waals surface area contributed by atoms with Crippen molar-refractivity contribution >= 4 is 44.7 Å². The van der Waals surface area contributed by atoms with E-state index < -0.39 is 0 Å². The third-order valence-corrected chi connectivity index (χ3v) is 5.87. The quantitative estimate of drug-likeness (QED) is 0.427. The Morgan fingerprint density at radius 2 is 2.07 bits per heavy atom. The van der Waals surface area contributed by atoms with Crippen molar-refractivity contribution in [1.29, 1.82) is 0 Å². The molecule has 29 heavy (non-hydrogen) atoms. The first-order valence-corrected chi connectivity index (χ1v) is 11.0. The van der Waals surface area contributed by atoms with Gasteiger partial charge in [-0.1, -0.05) is 41.7 Å². The normalized spacial score (nSPS) is 11.0. The molecule has 0 bridgehead atoms. The van der Waals surface area contributed by atoms with Gasteiger partial charge < -0.3 is 10.1 Å². The van der Waals surface area contributed by atoms with Crippen LogP contribution >= 0.6 is 22.9 Å². The van der Waals surface area contributed by atoms with Crippen LogP contribution in [0.2, 0.25) is 0 Å². The van der Waals surface area contributed by atoms with Gasteiger partial charge >= 0.3 is 0 Å². The van der Waals surface area contributed by atoms with Crippen LogP contribution in [-0.2, 0) is 11.4 Å². The Balaban J connectivity index is 1.60. The highest BCUT2D eigenvalue weighted by atomic mass is 32.1. The van der Waals surface area contributed by atoms with Gasteiger partial charge in [0.25, 0.3) is 0 Å². The van der Waals surface area contributed by atoms with Crippen molar-refractivity contribution in [3.05, 3.63) is 52.3 Å². The zero-order chi connectivity index (χ0) is 20.2. The Hall–Kier alpha value is -2.84. The monoisotopic (exact) mass is 424 g/mol. The average Bonchev–Trinajstić information content (AvgIpc) is 3.34. The van der Waals surface area contributed by atoms with E-state index in [9.17, 15) is 4.79 Å². The second-order valence-corrected chi connectivity index (χ2v) is 8.38.